The van der Waals surface area contributed by atoms with Crippen LogP contribution < -0.4 is 0 Å². The van der Waals surface area contributed by atoms with Crippen LogP contribution in [0.4, 0.5) is 0 Å². The van der Waals surface area contributed by atoms with Crippen molar-refractivity contribution in [3.63, 3.8) is 0 Å². The van der Waals surface area contributed by atoms with Gasteiger partial charge in [-0.1, -0.05) is 26.3 Å². The molecule has 0 aromatic rings. The van der Waals surface area contributed by atoms with E-state index in [1.54, 1.807) is 6.08 Å². The van der Waals surface area contributed by atoms with Gasteiger partial charge < -0.3 is 4.90 Å². The maximum Gasteiger partial charge on any atom is 0.246 e. The molecule has 6 heteroatoms. The van der Waals surface area contributed by atoms with Crippen molar-refractivity contribution in [3.05, 3.63) is 11.6 Å². The predicted molar refractivity (Wildman–Crippen MR) is 88.4 cm³/mol. The van der Waals surface area contributed by atoms with E-state index < -0.39 is 9.84 Å². The maximum atomic E-state index is 12.3. The third-order valence-corrected chi connectivity index (χ3v) is 6.62. The van der Waals surface area contributed by atoms with Crippen LogP contribution >= 0.6 is 0 Å². The van der Waals surface area contributed by atoms with Crippen molar-refractivity contribution in [2.75, 3.05) is 37.7 Å². The molecule has 22 heavy (non-hydrogen) atoms. The summed E-state index contributed by atoms with van der Waals surface area (Å²) >= 11 is 0. The molecule has 2 heterocycles. The summed E-state index contributed by atoms with van der Waals surface area (Å²) in [5.41, 5.74) is 1.09. The van der Waals surface area contributed by atoms with Crippen molar-refractivity contribution in [2.45, 2.75) is 40.2 Å². The van der Waals surface area contributed by atoms with E-state index >= 15 is 0 Å². The average Bonchev–Trinajstić information content (AvgIpc) is 2.78. The Labute approximate surface area is 134 Å². The lowest BCUT2D eigenvalue weighted by Crippen LogP contribution is -2.52. The van der Waals surface area contributed by atoms with E-state index in [0.717, 1.165) is 25.1 Å². The van der Waals surface area contributed by atoms with Crippen LogP contribution in [0.5, 0.6) is 0 Å². The van der Waals surface area contributed by atoms with Gasteiger partial charge in [0, 0.05) is 38.3 Å². The van der Waals surface area contributed by atoms with Crippen LogP contribution in [0, 0.1) is 5.41 Å². The molecule has 0 N–H and O–H groups in total. The van der Waals surface area contributed by atoms with Crippen molar-refractivity contribution in [1.29, 1.82) is 0 Å². The highest BCUT2D eigenvalue weighted by Crippen LogP contribution is 2.24. The number of piperazine rings is 1. The summed E-state index contributed by atoms with van der Waals surface area (Å²) in [6, 6.07) is 0.147. The Morgan fingerprint density at radius 2 is 1.73 bits per heavy atom. The fourth-order valence-corrected chi connectivity index (χ4v) is 4.63. The number of amides is 1. The fraction of sp³-hybridized carbons (Fsp3) is 0.812. The Morgan fingerprint density at radius 3 is 2.18 bits per heavy atom. The Hall–Kier alpha value is -0.880. The van der Waals surface area contributed by atoms with Crippen molar-refractivity contribution in [2.24, 2.45) is 5.41 Å². The van der Waals surface area contributed by atoms with Gasteiger partial charge >= 0.3 is 0 Å². The van der Waals surface area contributed by atoms with Gasteiger partial charge in [0.2, 0.25) is 5.91 Å². The van der Waals surface area contributed by atoms with Gasteiger partial charge in [-0.2, -0.15) is 0 Å². The van der Waals surface area contributed by atoms with E-state index in [2.05, 4.69) is 25.7 Å². The number of allylic oxidation sites excluding steroid dienone is 1. The van der Waals surface area contributed by atoms with E-state index in [1.807, 2.05) is 11.8 Å². The molecule has 1 unspecified atom stereocenters. The Balaban J connectivity index is 1.89. The second-order valence-electron chi connectivity index (χ2n) is 7.50. The molecule has 2 rings (SSSR count). The normalized spacial score (nSPS) is 27.2. The van der Waals surface area contributed by atoms with Crippen molar-refractivity contribution in [1.82, 2.24) is 9.80 Å². The molecule has 2 fully saturated rings. The summed E-state index contributed by atoms with van der Waals surface area (Å²) in [6.45, 7) is 11.2. The minimum Gasteiger partial charge on any atom is -0.337 e. The molecule has 0 bridgehead atoms. The van der Waals surface area contributed by atoms with E-state index in [9.17, 15) is 13.2 Å². The topological polar surface area (TPSA) is 57.7 Å². The van der Waals surface area contributed by atoms with Gasteiger partial charge in [-0.05, 0) is 18.8 Å². The molecule has 2 saturated heterocycles. The molecule has 0 spiro atoms. The first-order chi connectivity index (χ1) is 10.1. The molecule has 0 aromatic heterocycles. The molecule has 2 aliphatic heterocycles. The monoisotopic (exact) mass is 328 g/mol. The molecule has 0 saturated carbocycles. The van der Waals surface area contributed by atoms with Crippen molar-refractivity contribution < 1.29 is 13.2 Å². The highest BCUT2D eigenvalue weighted by molar-refractivity contribution is 7.91. The standard InChI is InChI=1S/C16H28N2O3S/c1-13(16(2,3)4)11-15(19)18-8-6-17(7-9-18)14-5-10-22(20,21)12-14/h11,14H,5-10,12H2,1-4H3/b13-11+. The zero-order valence-electron chi connectivity index (χ0n) is 14.1. The molecule has 0 aliphatic carbocycles. The lowest BCUT2D eigenvalue weighted by molar-refractivity contribution is -0.128. The number of hydrogen-bond donors (Lipinski definition) is 0. The molecule has 2 aliphatic rings. The average molecular weight is 328 g/mol. The highest BCUT2D eigenvalue weighted by atomic mass is 32.2. The lowest BCUT2D eigenvalue weighted by Gasteiger charge is -2.37. The Kier molecular flexibility index (Phi) is 5.02. The number of hydrogen-bond acceptors (Lipinski definition) is 4. The van der Waals surface area contributed by atoms with E-state index in [1.165, 1.54) is 0 Å². The largest absolute Gasteiger partial charge is 0.337 e. The van der Waals surface area contributed by atoms with Gasteiger partial charge in [0.15, 0.2) is 9.84 Å². The van der Waals surface area contributed by atoms with Gasteiger partial charge in [0.05, 0.1) is 11.5 Å². The first-order valence-electron chi connectivity index (χ1n) is 8.01. The fourth-order valence-electron chi connectivity index (χ4n) is 2.86. The number of nitrogens with zero attached hydrogens (tertiary/aromatic N) is 2. The summed E-state index contributed by atoms with van der Waals surface area (Å²) in [5, 5.41) is 0. The van der Waals surface area contributed by atoms with Crippen LogP contribution in [0.3, 0.4) is 0 Å². The van der Waals surface area contributed by atoms with Crippen LogP contribution in [0.1, 0.15) is 34.1 Å². The van der Waals surface area contributed by atoms with Gasteiger partial charge in [-0.3, -0.25) is 9.69 Å². The smallest absolute Gasteiger partial charge is 0.246 e. The minimum atomic E-state index is -2.84. The first kappa shape index (κ1) is 17.5. The highest BCUT2D eigenvalue weighted by Gasteiger charge is 2.34. The molecular weight excluding hydrogens is 300 g/mol. The number of sulfone groups is 1. The van der Waals surface area contributed by atoms with Gasteiger partial charge in [-0.25, -0.2) is 8.42 Å². The summed E-state index contributed by atoms with van der Waals surface area (Å²) in [5.74, 6) is 0.667. The summed E-state index contributed by atoms with van der Waals surface area (Å²) in [6.07, 6.45) is 2.48. The Bertz CT molecular complexity index is 552. The van der Waals surface area contributed by atoms with Gasteiger partial charge in [-0.15, -0.1) is 0 Å². The molecular formula is C16H28N2O3S. The molecule has 0 aromatic carbocycles. The van der Waals surface area contributed by atoms with Crippen LogP contribution in [-0.4, -0.2) is 67.9 Å². The third-order valence-electron chi connectivity index (χ3n) is 4.87. The van der Waals surface area contributed by atoms with Gasteiger partial charge in [0.25, 0.3) is 0 Å². The maximum absolute atomic E-state index is 12.3. The predicted octanol–water partition coefficient (Wildman–Crippen LogP) is 1.31. The number of rotatable bonds is 2. The van der Waals surface area contributed by atoms with Crippen LogP contribution in [0.2, 0.25) is 0 Å². The second kappa shape index (κ2) is 6.32. The molecule has 126 valence electrons. The first-order valence-corrected chi connectivity index (χ1v) is 9.83. The zero-order chi connectivity index (χ0) is 16.5. The number of carbonyl (C=O) groups excluding carboxylic acids is 1. The molecule has 0 radical (unpaired) electrons. The quantitative estimate of drug-likeness (QED) is 0.717. The second-order valence-corrected chi connectivity index (χ2v) is 9.72. The lowest BCUT2D eigenvalue weighted by atomic mass is 9.87. The van der Waals surface area contributed by atoms with E-state index in [4.69, 9.17) is 0 Å². The van der Waals surface area contributed by atoms with Crippen molar-refractivity contribution in [3.8, 4) is 0 Å². The van der Waals surface area contributed by atoms with Crippen LogP contribution in [0.25, 0.3) is 0 Å². The molecule has 1 amide bonds. The van der Waals surface area contributed by atoms with E-state index in [0.29, 0.717) is 18.8 Å². The van der Waals surface area contributed by atoms with Crippen molar-refractivity contribution >= 4 is 15.7 Å². The SMILES string of the molecule is C/C(=C\C(=O)N1CCN(C2CCS(=O)(=O)C2)CC1)C(C)(C)C. The third kappa shape index (κ3) is 4.32. The van der Waals surface area contributed by atoms with Crippen LogP contribution in [-0.2, 0) is 14.6 Å². The molecule has 1 atom stereocenters. The van der Waals surface area contributed by atoms with Crippen LogP contribution in [0.15, 0.2) is 11.6 Å². The number of carbonyl (C=O) groups is 1. The Morgan fingerprint density at radius 1 is 1.14 bits per heavy atom. The zero-order valence-corrected chi connectivity index (χ0v) is 14.9. The van der Waals surface area contributed by atoms with E-state index in [-0.39, 0.29) is 23.1 Å². The van der Waals surface area contributed by atoms with Gasteiger partial charge in [0.1, 0.15) is 0 Å². The summed E-state index contributed by atoms with van der Waals surface area (Å²) in [4.78, 5) is 16.4. The summed E-state index contributed by atoms with van der Waals surface area (Å²) < 4.78 is 23.1. The molecule has 5 nitrogen and oxygen atoms in total. The minimum absolute atomic E-state index is 0.00961. The summed E-state index contributed by atoms with van der Waals surface area (Å²) in [7, 11) is -2.84.